The Kier molecular flexibility index (Phi) is 10.3. The minimum Gasteiger partial charge on any atom is -0.493 e. The lowest BCUT2D eigenvalue weighted by molar-refractivity contribution is -0.121. The quantitative estimate of drug-likeness (QED) is 0.216. The van der Waals surface area contributed by atoms with Crippen LogP contribution in [0.15, 0.2) is 97.1 Å². The second kappa shape index (κ2) is 14.5. The average molecular weight is 556 g/mol. The maximum Gasteiger partial charge on any atom is 0.252 e. The molecule has 0 fully saturated rings. The van der Waals surface area contributed by atoms with Crippen molar-refractivity contribution in [1.29, 1.82) is 0 Å². The highest BCUT2D eigenvalue weighted by molar-refractivity contribution is 5.99. The lowest BCUT2D eigenvalue weighted by Gasteiger charge is -2.19. The maximum absolute atomic E-state index is 13.4. The van der Waals surface area contributed by atoms with Crippen molar-refractivity contribution in [2.24, 2.45) is 0 Å². The van der Waals surface area contributed by atoms with Crippen LogP contribution in [0.1, 0.15) is 21.5 Å². The van der Waals surface area contributed by atoms with Gasteiger partial charge in [0.2, 0.25) is 5.75 Å². The van der Waals surface area contributed by atoms with Gasteiger partial charge < -0.3 is 29.0 Å². The molecule has 0 aliphatic rings. The van der Waals surface area contributed by atoms with Crippen LogP contribution in [-0.2, 0) is 22.6 Å². The van der Waals surface area contributed by atoms with Crippen LogP contribution in [0.2, 0.25) is 0 Å². The summed E-state index contributed by atoms with van der Waals surface area (Å²) in [6.07, 6.45) is 0.0977. The monoisotopic (exact) mass is 555 g/mol. The molecule has 1 N–H and O–H groups in total. The number of carbonyl (C=O) groups is 2. The van der Waals surface area contributed by atoms with Crippen LogP contribution in [0.5, 0.6) is 28.7 Å². The van der Waals surface area contributed by atoms with E-state index in [-0.39, 0.29) is 24.4 Å². The summed E-state index contributed by atoms with van der Waals surface area (Å²) in [5, 5.41) is 2.83. The van der Waals surface area contributed by atoms with Crippen molar-refractivity contribution in [3.8, 4) is 28.7 Å². The Balaban J connectivity index is 1.48. The van der Waals surface area contributed by atoms with Crippen molar-refractivity contribution >= 4 is 11.7 Å². The summed E-state index contributed by atoms with van der Waals surface area (Å²) in [5.41, 5.74) is 2.00. The number of ketones is 1. The van der Waals surface area contributed by atoms with E-state index in [0.717, 1.165) is 16.9 Å². The van der Waals surface area contributed by atoms with Gasteiger partial charge in [-0.2, -0.15) is 0 Å². The standard InChI is InChI=1S/C33H33NO7/c1-37-30-19-25(20-31(38-2)32(30)39-3)33(36)34-28(22-40-21-24-10-6-4-7-11-24)29(35)18-23-14-16-27(17-15-23)41-26-12-8-5-9-13-26/h4-17,19-20,28H,18,21-22H2,1-3H3,(H,34,36). The number of hydrogen-bond acceptors (Lipinski definition) is 7. The fraction of sp³-hybridized carbons (Fsp3) is 0.212. The topological polar surface area (TPSA) is 92.3 Å². The van der Waals surface area contributed by atoms with Gasteiger partial charge in [0.05, 0.1) is 34.5 Å². The Hall–Kier alpha value is -4.82. The number of rotatable bonds is 14. The number of methoxy groups -OCH3 is 3. The summed E-state index contributed by atoms with van der Waals surface area (Å²) in [7, 11) is 4.43. The van der Waals surface area contributed by atoms with Crippen molar-refractivity contribution in [1.82, 2.24) is 5.32 Å². The van der Waals surface area contributed by atoms with Crippen LogP contribution >= 0.6 is 0 Å². The molecule has 0 heterocycles. The van der Waals surface area contributed by atoms with Crippen molar-refractivity contribution < 1.29 is 33.3 Å². The first-order valence-corrected chi connectivity index (χ1v) is 13.1. The summed E-state index contributed by atoms with van der Waals surface area (Å²) in [6, 6.07) is 28.5. The molecule has 1 unspecified atom stereocenters. The Labute approximate surface area is 239 Å². The van der Waals surface area contributed by atoms with E-state index in [1.54, 1.807) is 0 Å². The van der Waals surface area contributed by atoms with Gasteiger partial charge in [0, 0.05) is 12.0 Å². The lowest BCUT2D eigenvalue weighted by atomic mass is 10.0. The summed E-state index contributed by atoms with van der Waals surface area (Å²) < 4.78 is 27.8. The Morgan fingerprint density at radius 1 is 0.707 bits per heavy atom. The zero-order chi connectivity index (χ0) is 29.0. The van der Waals surface area contributed by atoms with Gasteiger partial charge in [0.25, 0.3) is 5.91 Å². The second-order valence-corrected chi connectivity index (χ2v) is 9.14. The summed E-state index contributed by atoms with van der Waals surface area (Å²) in [5.74, 6) is 1.74. The van der Waals surface area contributed by atoms with Crippen molar-refractivity contribution in [3.05, 3.63) is 114 Å². The highest BCUT2D eigenvalue weighted by atomic mass is 16.5. The van der Waals surface area contributed by atoms with E-state index in [1.807, 2.05) is 84.9 Å². The highest BCUT2D eigenvalue weighted by Gasteiger charge is 2.24. The van der Waals surface area contributed by atoms with E-state index in [2.05, 4.69) is 5.32 Å². The van der Waals surface area contributed by atoms with Crippen LogP contribution in [0.25, 0.3) is 0 Å². The molecule has 212 valence electrons. The van der Waals surface area contributed by atoms with Gasteiger partial charge in [-0.15, -0.1) is 0 Å². The third kappa shape index (κ3) is 8.09. The molecule has 0 radical (unpaired) electrons. The van der Waals surface area contributed by atoms with Crippen molar-refractivity contribution in [3.63, 3.8) is 0 Å². The van der Waals surface area contributed by atoms with E-state index in [9.17, 15) is 9.59 Å². The van der Waals surface area contributed by atoms with E-state index in [4.69, 9.17) is 23.7 Å². The predicted molar refractivity (Wildman–Crippen MR) is 155 cm³/mol. The molecule has 8 nitrogen and oxygen atoms in total. The highest BCUT2D eigenvalue weighted by Crippen LogP contribution is 2.38. The van der Waals surface area contributed by atoms with Crippen LogP contribution in [0, 0.1) is 0 Å². The molecule has 0 saturated heterocycles. The third-order valence-corrected chi connectivity index (χ3v) is 6.30. The molecule has 1 amide bonds. The maximum atomic E-state index is 13.4. The Morgan fingerprint density at radius 3 is 1.88 bits per heavy atom. The molecule has 0 aliphatic carbocycles. The molecular formula is C33H33NO7. The van der Waals surface area contributed by atoms with Gasteiger partial charge in [-0.05, 0) is 47.5 Å². The van der Waals surface area contributed by atoms with Gasteiger partial charge in [-0.3, -0.25) is 9.59 Å². The molecule has 0 saturated carbocycles. The van der Waals surface area contributed by atoms with Gasteiger partial charge in [-0.25, -0.2) is 0 Å². The molecule has 0 aliphatic heterocycles. The molecule has 1 atom stereocenters. The van der Waals surface area contributed by atoms with Gasteiger partial charge >= 0.3 is 0 Å². The molecule has 41 heavy (non-hydrogen) atoms. The number of nitrogens with one attached hydrogen (secondary N) is 1. The zero-order valence-electron chi connectivity index (χ0n) is 23.3. The third-order valence-electron chi connectivity index (χ3n) is 6.30. The average Bonchev–Trinajstić information content (AvgIpc) is 3.01. The van der Waals surface area contributed by atoms with Gasteiger partial charge in [0.15, 0.2) is 17.3 Å². The second-order valence-electron chi connectivity index (χ2n) is 9.14. The predicted octanol–water partition coefficient (Wildman–Crippen LogP) is 5.63. The number of Topliss-reactive ketones (excluding diaryl/α,β-unsaturated/α-hetero) is 1. The van der Waals surface area contributed by atoms with Crippen LogP contribution in [0.4, 0.5) is 0 Å². The number of para-hydroxylation sites is 1. The number of carbonyl (C=O) groups excluding carboxylic acids is 2. The van der Waals surface area contributed by atoms with Crippen LogP contribution < -0.4 is 24.3 Å². The van der Waals surface area contributed by atoms with Gasteiger partial charge in [-0.1, -0.05) is 60.7 Å². The summed E-state index contributed by atoms with van der Waals surface area (Å²) in [4.78, 5) is 26.8. The minimum atomic E-state index is -0.898. The molecular weight excluding hydrogens is 522 g/mol. The molecule has 4 aromatic rings. The largest absolute Gasteiger partial charge is 0.493 e. The molecule has 4 rings (SSSR count). The summed E-state index contributed by atoms with van der Waals surface area (Å²) >= 11 is 0. The number of amides is 1. The molecule has 0 spiro atoms. The first-order valence-electron chi connectivity index (χ1n) is 13.1. The minimum absolute atomic E-state index is 0.000899. The number of hydrogen-bond donors (Lipinski definition) is 1. The molecule has 0 aromatic heterocycles. The Bertz CT molecular complexity index is 1400. The lowest BCUT2D eigenvalue weighted by Crippen LogP contribution is -2.44. The zero-order valence-corrected chi connectivity index (χ0v) is 23.3. The Morgan fingerprint density at radius 2 is 1.29 bits per heavy atom. The number of benzene rings is 4. The van der Waals surface area contributed by atoms with Crippen molar-refractivity contribution in [2.45, 2.75) is 19.1 Å². The van der Waals surface area contributed by atoms with Crippen LogP contribution in [-0.4, -0.2) is 45.7 Å². The van der Waals surface area contributed by atoms with E-state index < -0.39 is 11.9 Å². The summed E-state index contributed by atoms with van der Waals surface area (Å²) in [6.45, 7) is 0.301. The van der Waals surface area contributed by atoms with E-state index in [0.29, 0.717) is 29.6 Å². The fourth-order valence-corrected chi connectivity index (χ4v) is 4.16. The molecule has 8 heteroatoms. The molecule has 0 bridgehead atoms. The fourth-order valence-electron chi connectivity index (χ4n) is 4.16. The first kappa shape index (κ1) is 29.2. The SMILES string of the molecule is COc1cc(C(=O)NC(COCc2ccccc2)C(=O)Cc2ccc(Oc3ccccc3)cc2)cc(OC)c1OC. The first-order chi connectivity index (χ1) is 20.0. The van der Waals surface area contributed by atoms with E-state index in [1.165, 1.54) is 33.5 Å². The van der Waals surface area contributed by atoms with Crippen molar-refractivity contribution in [2.75, 3.05) is 27.9 Å². The van der Waals surface area contributed by atoms with Crippen LogP contribution in [0.3, 0.4) is 0 Å². The van der Waals surface area contributed by atoms with Gasteiger partial charge in [0.1, 0.15) is 17.5 Å². The molecule has 4 aromatic carbocycles. The normalized spacial score (nSPS) is 11.3. The van der Waals surface area contributed by atoms with E-state index >= 15 is 0 Å². The smallest absolute Gasteiger partial charge is 0.252 e. The number of ether oxygens (including phenoxy) is 5.